The van der Waals surface area contributed by atoms with Gasteiger partial charge in [0.25, 0.3) is 0 Å². The molecular formula is C8H19NO2. The largest absolute Gasteiger partial charge is 0.395 e. The first-order chi connectivity index (χ1) is 5.07. The lowest BCUT2D eigenvalue weighted by Crippen LogP contribution is -2.40. The van der Waals surface area contributed by atoms with Crippen molar-refractivity contribution in [2.24, 2.45) is 5.92 Å². The molecule has 68 valence electrons. The number of hydrogen-bond acceptors (Lipinski definition) is 3. The lowest BCUT2D eigenvalue weighted by Gasteiger charge is -2.20. The van der Waals surface area contributed by atoms with Crippen molar-refractivity contribution < 1.29 is 10.2 Å². The summed E-state index contributed by atoms with van der Waals surface area (Å²) in [6, 6.07) is 0.101. The van der Waals surface area contributed by atoms with Gasteiger partial charge in [0.15, 0.2) is 0 Å². The van der Waals surface area contributed by atoms with E-state index in [1.807, 2.05) is 13.8 Å². The van der Waals surface area contributed by atoms with E-state index in [4.69, 9.17) is 10.2 Å². The minimum atomic E-state index is -0.345. The molecule has 2 unspecified atom stereocenters. The number of aliphatic hydroxyl groups is 2. The number of hydrogen-bond donors (Lipinski definition) is 3. The second-order valence-electron chi connectivity index (χ2n) is 3.29. The van der Waals surface area contributed by atoms with Crippen molar-refractivity contribution >= 4 is 0 Å². The summed E-state index contributed by atoms with van der Waals surface area (Å²) >= 11 is 0. The maximum Gasteiger partial charge on any atom is 0.0636 e. The van der Waals surface area contributed by atoms with E-state index in [2.05, 4.69) is 5.32 Å². The van der Waals surface area contributed by atoms with Gasteiger partial charge in [-0.15, -0.1) is 0 Å². The lowest BCUT2D eigenvalue weighted by molar-refractivity contribution is 0.160. The average molecular weight is 161 g/mol. The first kappa shape index (κ1) is 10.9. The predicted molar refractivity (Wildman–Crippen MR) is 45.4 cm³/mol. The fourth-order valence-electron chi connectivity index (χ4n) is 0.833. The van der Waals surface area contributed by atoms with Crippen LogP contribution in [0.15, 0.2) is 0 Å². The first-order valence-electron chi connectivity index (χ1n) is 4.10. The molecule has 0 amide bonds. The molecule has 0 aromatic carbocycles. The van der Waals surface area contributed by atoms with Crippen LogP contribution in [0, 0.1) is 5.92 Å². The van der Waals surface area contributed by atoms with Crippen molar-refractivity contribution in [3.05, 3.63) is 0 Å². The highest BCUT2D eigenvalue weighted by Crippen LogP contribution is 1.99. The van der Waals surface area contributed by atoms with Crippen LogP contribution in [0.5, 0.6) is 0 Å². The molecule has 0 aromatic heterocycles. The molecule has 0 saturated carbocycles. The van der Waals surface area contributed by atoms with Crippen LogP contribution in [0.25, 0.3) is 0 Å². The summed E-state index contributed by atoms with van der Waals surface area (Å²) in [7, 11) is 0. The molecule has 3 nitrogen and oxygen atoms in total. The van der Waals surface area contributed by atoms with Gasteiger partial charge in [-0.05, 0) is 12.8 Å². The van der Waals surface area contributed by atoms with Crippen LogP contribution in [0.2, 0.25) is 0 Å². The van der Waals surface area contributed by atoms with E-state index in [-0.39, 0.29) is 18.8 Å². The van der Waals surface area contributed by atoms with Crippen LogP contribution in [0.1, 0.15) is 20.8 Å². The first-order valence-corrected chi connectivity index (χ1v) is 4.10. The molecule has 0 spiro atoms. The van der Waals surface area contributed by atoms with E-state index in [0.29, 0.717) is 12.5 Å². The third-order valence-electron chi connectivity index (χ3n) is 1.68. The third kappa shape index (κ3) is 5.18. The smallest absolute Gasteiger partial charge is 0.0636 e. The van der Waals surface area contributed by atoms with Gasteiger partial charge >= 0.3 is 0 Å². The second kappa shape index (κ2) is 5.52. The van der Waals surface area contributed by atoms with Crippen molar-refractivity contribution in [2.75, 3.05) is 13.2 Å². The molecule has 0 radical (unpaired) electrons. The van der Waals surface area contributed by atoms with Gasteiger partial charge < -0.3 is 15.5 Å². The Labute approximate surface area is 68.4 Å². The van der Waals surface area contributed by atoms with Crippen LogP contribution in [-0.4, -0.2) is 35.5 Å². The van der Waals surface area contributed by atoms with Crippen molar-refractivity contribution in [2.45, 2.75) is 32.9 Å². The van der Waals surface area contributed by atoms with Gasteiger partial charge in [0, 0.05) is 12.6 Å². The summed E-state index contributed by atoms with van der Waals surface area (Å²) < 4.78 is 0. The number of nitrogens with one attached hydrogen (secondary N) is 1. The van der Waals surface area contributed by atoms with Crippen LogP contribution in [-0.2, 0) is 0 Å². The molecule has 0 heterocycles. The van der Waals surface area contributed by atoms with Gasteiger partial charge in [-0.1, -0.05) is 13.8 Å². The van der Waals surface area contributed by atoms with Crippen LogP contribution in [0.3, 0.4) is 0 Å². The van der Waals surface area contributed by atoms with Crippen LogP contribution in [0.4, 0.5) is 0 Å². The van der Waals surface area contributed by atoms with E-state index in [1.165, 1.54) is 0 Å². The standard InChI is InChI=1S/C8H19NO2/c1-6(2)8(5-10)9-4-7(3)11/h6-11H,4-5H2,1-3H3. The Kier molecular flexibility index (Phi) is 5.46. The van der Waals surface area contributed by atoms with Gasteiger partial charge in [0.2, 0.25) is 0 Å². The summed E-state index contributed by atoms with van der Waals surface area (Å²) in [6.45, 7) is 6.47. The predicted octanol–water partition coefficient (Wildman–Crippen LogP) is -0.0263. The van der Waals surface area contributed by atoms with Crippen molar-refractivity contribution in [1.29, 1.82) is 0 Å². The van der Waals surface area contributed by atoms with Gasteiger partial charge in [0.1, 0.15) is 0 Å². The molecule has 11 heavy (non-hydrogen) atoms. The lowest BCUT2D eigenvalue weighted by atomic mass is 10.1. The average Bonchev–Trinajstić information content (AvgIpc) is 1.87. The van der Waals surface area contributed by atoms with Gasteiger partial charge in [0.05, 0.1) is 12.7 Å². The fraction of sp³-hybridized carbons (Fsp3) is 1.00. The molecule has 0 saturated heterocycles. The molecule has 0 aliphatic rings. The Morgan fingerprint density at radius 3 is 2.09 bits per heavy atom. The Hall–Kier alpha value is -0.120. The number of aliphatic hydroxyl groups excluding tert-OH is 2. The Bertz CT molecular complexity index is 94.1. The molecule has 0 aromatic rings. The van der Waals surface area contributed by atoms with E-state index in [0.717, 1.165) is 0 Å². The zero-order chi connectivity index (χ0) is 8.85. The Morgan fingerprint density at radius 1 is 1.27 bits per heavy atom. The Balaban J connectivity index is 3.52. The van der Waals surface area contributed by atoms with Crippen molar-refractivity contribution in [1.82, 2.24) is 5.32 Å². The second-order valence-corrected chi connectivity index (χ2v) is 3.29. The minimum Gasteiger partial charge on any atom is -0.395 e. The van der Waals surface area contributed by atoms with Gasteiger partial charge in [-0.3, -0.25) is 0 Å². The third-order valence-corrected chi connectivity index (χ3v) is 1.68. The van der Waals surface area contributed by atoms with Gasteiger partial charge in [-0.2, -0.15) is 0 Å². The maximum absolute atomic E-state index is 8.93. The summed E-state index contributed by atoms with van der Waals surface area (Å²) in [5.74, 6) is 0.402. The van der Waals surface area contributed by atoms with Gasteiger partial charge in [-0.25, -0.2) is 0 Å². The minimum absolute atomic E-state index is 0.101. The monoisotopic (exact) mass is 161 g/mol. The maximum atomic E-state index is 8.93. The molecule has 0 bridgehead atoms. The zero-order valence-corrected chi connectivity index (χ0v) is 7.54. The fourth-order valence-corrected chi connectivity index (χ4v) is 0.833. The van der Waals surface area contributed by atoms with E-state index < -0.39 is 0 Å². The molecular weight excluding hydrogens is 142 g/mol. The molecule has 3 N–H and O–H groups in total. The van der Waals surface area contributed by atoms with Crippen LogP contribution < -0.4 is 5.32 Å². The normalized spacial score (nSPS) is 16.9. The molecule has 0 rings (SSSR count). The summed E-state index contributed by atoms with van der Waals surface area (Å²) in [6.07, 6.45) is -0.345. The molecule has 0 aliphatic heterocycles. The zero-order valence-electron chi connectivity index (χ0n) is 7.54. The number of rotatable bonds is 5. The highest BCUT2D eigenvalue weighted by Gasteiger charge is 2.11. The Morgan fingerprint density at radius 2 is 1.82 bits per heavy atom. The van der Waals surface area contributed by atoms with E-state index >= 15 is 0 Å². The van der Waals surface area contributed by atoms with Crippen molar-refractivity contribution in [3.63, 3.8) is 0 Å². The summed E-state index contributed by atoms with van der Waals surface area (Å²) in [5, 5.41) is 20.9. The highest BCUT2D eigenvalue weighted by atomic mass is 16.3. The van der Waals surface area contributed by atoms with E-state index in [1.54, 1.807) is 6.92 Å². The van der Waals surface area contributed by atoms with Crippen LogP contribution >= 0.6 is 0 Å². The van der Waals surface area contributed by atoms with E-state index in [9.17, 15) is 0 Å². The molecule has 2 atom stereocenters. The van der Waals surface area contributed by atoms with Crippen molar-refractivity contribution in [3.8, 4) is 0 Å². The SMILES string of the molecule is CC(O)CNC(CO)C(C)C. The molecule has 0 aliphatic carbocycles. The summed E-state index contributed by atoms with van der Waals surface area (Å²) in [5.41, 5.74) is 0. The highest BCUT2D eigenvalue weighted by molar-refractivity contribution is 4.69. The summed E-state index contributed by atoms with van der Waals surface area (Å²) in [4.78, 5) is 0. The topological polar surface area (TPSA) is 52.5 Å². The molecule has 0 fully saturated rings. The molecule has 3 heteroatoms. The quantitative estimate of drug-likeness (QED) is 0.531.